The molecular formula is C9H9BrClFO. The fraction of sp³-hybridized carbons (Fsp3) is 0.333. The van der Waals surface area contributed by atoms with Gasteiger partial charge in [0, 0.05) is 5.02 Å². The van der Waals surface area contributed by atoms with Crippen LogP contribution in [0.15, 0.2) is 16.6 Å². The predicted octanol–water partition coefficient (Wildman–Crippen LogP) is 4.03. The number of benzene rings is 1. The molecule has 0 N–H and O–H groups in total. The SMILES string of the molecule is CCCOc1c(F)cc(Cl)cc1Br. The van der Waals surface area contributed by atoms with Crippen LogP contribution in [0, 0.1) is 5.82 Å². The number of hydrogen-bond acceptors (Lipinski definition) is 1. The monoisotopic (exact) mass is 266 g/mol. The molecule has 1 aromatic carbocycles. The quantitative estimate of drug-likeness (QED) is 0.803. The first kappa shape index (κ1) is 10.8. The van der Waals surface area contributed by atoms with Crippen LogP contribution in [0.25, 0.3) is 0 Å². The lowest BCUT2D eigenvalue weighted by Gasteiger charge is -2.08. The molecule has 0 unspecified atom stereocenters. The van der Waals surface area contributed by atoms with Crippen molar-refractivity contribution in [3.8, 4) is 5.75 Å². The first-order valence-corrected chi connectivity index (χ1v) is 5.09. The zero-order valence-electron chi connectivity index (χ0n) is 7.11. The maximum atomic E-state index is 13.2. The third kappa shape index (κ3) is 2.85. The summed E-state index contributed by atoms with van der Waals surface area (Å²) in [4.78, 5) is 0. The van der Waals surface area contributed by atoms with Gasteiger partial charge in [-0.25, -0.2) is 4.39 Å². The molecule has 72 valence electrons. The van der Waals surface area contributed by atoms with E-state index in [1.807, 2.05) is 6.92 Å². The van der Waals surface area contributed by atoms with E-state index in [0.717, 1.165) is 6.42 Å². The normalized spacial score (nSPS) is 10.2. The zero-order valence-corrected chi connectivity index (χ0v) is 9.45. The highest BCUT2D eigenvalue weighted by Gasteiger charge is 2.09. The molecule has 0 aromatic heterocycles. The number of ether oxygens (including phenoxy) is 1. The maximum absolute atomic E-state index is 13.2. The van der Waals surface area contributed by atoms with E-state index in [-0.39, 0.29) is 5.75 Å². The molecule has 4 heteroatoms. The molecule has 0 aliphatic carbocycles. The molecule has 0 atom stereocenters. The second kappa shape index (κ2) is 4.82. The highest BCUT2D eigenvalue weighted by Crippen LogP contribution is 2.31. The Morgan fingerprint density at radius 2 is 2.23 bits per heavy atom. The molecule has 0 aliphatic rings. The van der Waals surface area contributed by atoms with E-state index in [0.29, 0.717) is 16.1 Å². The first-order valence-electron chi connectivity index (χ1n) is 3.92. The van der Waals surface area contributed by atoms with Gasteiger partial charge in [-0.05, 0) is 34.5 Å². The molecule has 0 bridgehead atoms. The summed E-state index contributed by atoms with van der Waals surface area (Å²) in [5, 5.41) is 0.355. The van der Waals surface area contributed by atoms with Crippen LogP contribution < -0.4 is 4.74 Å². The fourth-order valence-electron chi connectivity index (χ4n) is 0.871. The number of rotatable bonds is 3. The summed E-state index contributed by atoms with van der Waals surface area (Å²) in [5.41, 5.74) is 0. The molecule has 0 saturated heterocycles. The number of hydrogen-bond donors (Lipinski definition) is 0. The molecule has 0 saturated carbocycles. The van der Waals surface area contributed by atoms with Crippen LogP contribution in [0.3, 0.4) is 0 Å². The lowest BCUT2D eigenvalue weighted by atomic mass is 10.3. The van der Waals surface area contributed by atoms with Crippen LogP contribution in [0.2, 0.25) is 5.02 Å². The van der Waals surface area contributed by atoms with Gasteiger partial charge in [-0.15, -0.1) is 0 Å². The van der Waals surface area contributed by atoms with Gasteiger partial charge in [0.2, 0.25) is 0 Å². The minimum absolute atomic E-state index is 0.228. The Labute approximate surface area is 90.0 Å². The third-order valence-electron chi connectivity index (χ3n) is 1.41. The van der Waals surface area contributed by atoms with Crippen molar-refractivity contribution in [1.29, 1.82) is 0 Å². The molecule has 0 radical (unpaired) electrons. The standard InChI is InChI=1S/C9H9BrClFO/c1-2-3-13-9-7(10)4-6(11)5-8(9)12/h4-5H,2-3H2,1H3. The summed E-state index contributed by atoms with van der Waals surface area (Å²) in [6, 6.07) is 2.84. The molecule has 0 heterocycles. The Morgan fingerprint density at radius 1 is 1.54 bits per heavy atom. The van der Waals surface area contributed by atoms with E-state index < -0.39 is 5.82 Å². The lowest BCUT2D eigenvalue weighted by Crippen LogP contribution is -1.98. The van der Waals surface area contributed by atoms with Crippen molar-refractivity contribution >= 4 is 27.5 Å². The van der Waals surface area contributed by atoms with Crippen molar-refractivity contribution in [3.63, 3.8) is 0 Å². The van der Waals surface area contributed by atoms with Gasteiger partial charge in [0.05, 0.1) is 11.1 Å². The van der Waals surface area contributed by atoms with Gasteiger partial charge in [0.15, 0.2) is 11.6 Å². The summed E-state index contributed by atoms with van der Waals surface area (Å²) >= 11 is 8.81. The summed E-state index contributed by atoms with van der Waals surface area (Å²) in [6.45, 7) is 2.46. The molecular weight excluding hydrogens is 258 g/mol. The van der Waals surface area contributed by atoms with Crippen molar-refractivity contribution in [2.75, 3.05) is 6.61 Å². The van der Waals surface area contributed by atoms with Crippen LogP contribution >= 0.6 is 27.5 Å². The van der Waals surface area contributed by atoms with Crippen LogP contribution in [0.5, 0.6) is 5.75 Å². The van der Waals surface area contributed by atoms with E-state index in [1.54, 1.807) is 6.07 Å². The fourth-order valence-corrected chi connectivity index (χ4v) is 1.76. The lowest BCUT2D eigenvalue weighted by molar-refractivity contribution is 0.299. The second-order valence-electron chi connectivity index (χ2n) is 2.55. The minimum Gasteiger partial charge on any atom is -0.489 e. The average molecular weight is 268 g/mol. The van der Waals surface area contributed by atoms with Gasteiger partial charge in [0.25, 0.3) is 0 Å². The summed E-state index contributed by atoms with van der Waals surface area (Å²) in [7, 11) is 0. The zero-order chi connectivity index (χ0) is 9.84. The highest BCUT2D eigenvalue weighted by atomic mass is 79.9. The minimum atomic E-state index is -0.437. The highest BCUT2D eigenvalue weighted by molar-refractivity contribution is 9.10. The second-order valence-corrected chi connectivity index (χ2v) is 3.84. The van der Waals surface area contributed by atoms with E-state index in [9.17, 15) is 4.39 Å². The van der Waals surface area contributed by atoms with Crippen molar-refractivity contribution in [2.24, 2.45) is 0 Å². The topological polar surface area (TPSA) is 9.23 Å². The molecule has 1 rings (SSSR count). The largest absolute Gasteiger partial charge is 0.489 e. The van der Waals surface area contributed by atoms with Gasteiger partial charge < -0.3 is 4.74 Å². The van der Waals surface area contributed by atoms with Gasteiger partial charge in [0.1, 0.15) is 0 Å². The van der Waals surface area contributed by atoms with Gasteiger partial charge in [-0.1, -0.05) is 18.5 Å². The average Bonchev–Trinajstić information content (AvgIpc) is 2.02. The third-order valence-corrected chi connectivity index (χ3v) is 2.22. The Balaban J connectivity index is 2.92. The van der Waals surface area contributed by atoms with Crippen molar-refractivity contribution in [3.05, 3.63) is 27.4 Å². The van der Waals surface area contributed by atoms with E-state index >= 15 is 0 Å². The molecule has 0 aliphatic heterocycles. The van der Waals surface area contributed by atoms with Crippen LogP contribution in [-0.4, -0.2) is 6.61 Å². The Morgan fingerprint density at radius 3 is 2.77 bits per heavy atom. The smallest absolute Gasteiger partial charge is 0.169 e. The van der Waals surface area contributed by atoms with Crippen molar-refractivity contribution in [2.45, 2.75) is 13.3 Å². The molecule has 13 heavy (non-hydrogen) atoms. The summed E-state index contributed by atoms with van der Waals surface area (Å²) in [5.74, 6) is -0.209. The number of halogens is 3. The molecule has 1 aromatic rings. The Bertz CT molecular complexity index is 281. The van der Waals surface area contributed by atoms with Crippen LogP contribution in [0.4, 0.5) is 4.39 Å². The van der Waals surface area contributed by atoms with Gasteiger partial charge in [-0.3, -0.25) is 0 Å². The van der Waals surface area contributed by atoms with E-state index in [4.69, 9.17) is 16.3 Å². The summed E-state index contributed by atoms with van der Waals surface area (Å²) in [6.07, 6.45) is 0.842. The van der Waals surface area contributed by atoms with E-state index in [2.05, 4.69) is 15.9 Å². The Kier molecular flexibility index (Phi) is 4.00. The van der Waals surface area contributed by atoms with Crippen molar-refractivity contribution < 1.29 is 9.13 Å². The maximum Gasteiger partial charge on any atom is 0.169 e. The Hall–Kier alpha value is -0.280. The molecule has 0 spiro atoms. The summed E-state index contributed by atoms with van der Waals surface area (Å²) < 4.78 is 18.9. The van der Waals surface area contributed by atoms with E-state index in [1.165, 1.54) is 6.07 Å². The van der Waals surface area contributed by atoms with Crippen molar-refractivity contribution in [1.82, 2.24) is 0 Å². The predicted molar refractivity (Wildman–Crippen MR) is 54.9 cm³/mol. The van der Waals surface area contributed by atoms with Gasteiger partial charge >= 0.3 is 0 Å². The molecule has 1 nitrogen and oxygen atoms in total. The first-order chi connectivity index (χ1) is 6.15. The van der Waals surface area contributed by atoms with Gasteiger partial charge in [-0.2, -0.15) is 0 Å². The molecule has 0 fully saturated rings. The molecule has 0 amide bonds. The van der Waals surface area contributed by atoms with Crippen LogP contribution in [-0.2, 0) is 0 Å². The van der Waals surface area contributed by atoms with Crippen LogP contribution in [0.1, 0.15) is 13.3 Å².